The zero-order chi connectivity index (χ0) is 21.8. The monoisotopic (exact) mass is 414 g/mol. The Morgan fingerprint density at radius 1 is 0.871 bits per heavy atom. The van der Waals surface area contributed by atoms with Crippen LogP contribution in [0.3, 0.4) is 0 Å². The third-order valence-corrected chi connectivity index (χ3v) is 5.16. The molecule has 0 radical (unpaired) electrons. The van der Waals surface area contributed by atoms with E-state index in [2.05, 4.69) is 5.32 Å². The molecule has 0 aliphatic carbocycles. The fraction of sp³-hybridized carbons (Fsp3) is 0.160. The van der Waals surface area contributed by atoms with Crippen molar-refractivity contribution >= 4 is 23.4 Å². The van der Waals surface area contributed by atoms with Crippen LogP contribution in [0.2, 0.25) is 0 Å². The van der Waals surface area contributed by atoms with Gasteiger partial charge in [0.25, 0.3) is 11.8 Å². The molecule has 1 atom stereocenters. The van der Waals surface area contributed by atoms with Crippen LogP contribution in [-0.2, 0) is 11.2 Å². The first kappa shape index (κ1) is 20.3. The van der Waals surface area contributed by atoms with E-state index >= 15 is 0 Å². The van der Waals surface area contributed by atoms with E-state index < -0.39 is 23.8 Å². The van der Waals surface area contributed by atoms with Crippen LogP contribution in [0, 0.1) is 0 Å². The largest absolute Gasteiger partial charge is 0.492 e. The second-order valence-corrected chi connectivity index (χ2v) is 7.15. The van der Waals surface area contributed by atoms with Gasteiger partial charge in [0.15, 0.2) is 0 Å². The zero-order valence-electron chi connectivity index (χ0n) is 17.1. The van der Waals surface area contributed by atoms with E-state index in [9.17, 15) is 14.4 Å². The van der Waals surface area contributed by atoms with E-state index in [1.54, 1.807) is 42.5 Å². The van der Waals surface area contributed by atoms with Crippen molar-refractivity contribution in [3.05, 3.63) is 95.6 Å². The highest BCUT2D eigenvalue weighted by molar-refractivity contribution is 6.23. The number of benzene rings is 3. The van der Waals surface area contributed by atoms with Gasteiger partial charge in [-0.1, -0.05) is 54.6 Å². The molecule has 156 valence electrons. The van der Waals surface area contributed by atoms with Crippen LogP contribution in [0.15, 0.2) is 78.9 Å². The minimum absolute atomic E-state index is 0.203. The lowest BCUT2D eigenvalue weighted by Gasteiger charge is -2.26. The molecule has 6 heteroatoms. The van der Waals surface area contributed by atoms with Crippen LogP contribution in [0.4, 0.5) is 5.69 Å². The fourth-order valence-electron chi connectivity index (χ4n) is 3.70. The highest BCUT2D eigenvalue weighted by Crippen LogP contribution is 2.28. The molecule has 4 rings (SSSR count). The maximum atomic E-state index is 13.4. The van der Waals surface area contributed by atoms with Crippen LogP contribution in [-0.4, -0.2) is 35.3 Å². The summed E-state index contributed by atoms with van der Waals surface area (Å²) >= 11 is 0. The molecule has 1 heterocycles. The summed E-state index contributed by atoms with van der Waals surface area (Å²) < 4.78 is 5.59. The van der Waals surface area contributed by atoms with Gasteiger partial charge in [-0.2, -0.15) is 0 Å². The standard InChI is InChI=1S/C25H22N2O4/c1-2-31-22-15-9-8-14-20(22)26-23(28)21(16-17-10-4-3-5-11-17)27-24(29)18-12-6-7-13-19(18)25(27)30/h3-15,21H,2,16H2,1H3,(H,26,28)/t21-/m0/s1. The van der Waals surface area contributed by atoms with E-state index in [1.807, 2.05) is 43.3 Å². The van der Waals surface area contributed by atoms with Crippen LogP contribution >= 0.6 is 0 Å². The Morgan fingerprint density at radius 3 is 2.10 bits per heavy atom. The van der Waals surface area contributed by atoms with Crippen molar-refractivity contribution in [2.75, 3.05) is 11.9 Å². The molecule has 1 N–H and O–H groups in total. The number of amides is 3. The molecule has 0 spiro atoms. The summed E-state index contributed by atoms with van der Waals surface area (Å²) in [5.41, 5.74) is 1.96. The van der Waals surface area contributed by atoms with Crippen molar-refractivity contribution in [1.29, 1.82) is 0 Å². The predicted octanol–water partition coefficient (Wildman–Crippen LogP) is 3.93. The molecule has 31 heavy (non-hydrogen) atoms. The third kappa shape index (κ3) is 4.05. The molecule has 3 aromatic carbocycles. The van der Waals surface area contributed by atoms with E-state index in [0.29, 0.717) is 29.2 Å². The van der Waals surface area contributed by atoms with Gasteiger partial charge in [-0.15, -0.1) is 0 Å². The molecular weight excluding hydrogens is 392 g/mol. The number of imide groups is 1. The smallest absolute Gasteiger partial charge is 0.262 e. The quantitative estimate of drug-likeness (QED) is 0.595. The van der Waals surface area contributed by atoms with Gasteiger partial charge in [0.05, 0.1) is 23.4 Å². The van der Waals surface area contributed by atoms with Crippen molar-refractivity contribution in [3.63, 3.8) is 0 Å². The first-order valence-electron chi connectivity index (χ1n) is 10.1. The average molecular weight is 414 g/mol. The molecule has 1 aliphatic heterocycles. The van der Waals surface area contributed by atoms with Crippen LogP contribution in [0.25, 0.3) is 0 Å². The van der Waals surface area contributed by atoms with Crippen molar-refractivity contribution in [2.24, 2.45) is 0 Å². The summed E-state index contributed by atoms with van der Waals surface area (Å²) in [5.74, 6) is -0.853. The predicted molar refractivity (Wildman–Crippen MR) is 117 cm³/mol. The highest BCUT2D eigenvalue weighted by atomic mass is 16.5. The number of rotatable bonds is 7. The molecule has 0 bridgehead atoms. The number of carbonyl (C=O) groups excluding carboxylic acids is 3. The number of fused-ring (bicyclic) bond motifs is 1. The zero-order valence-corrected chi connectivity index (χ0v) is 17.1. The third-order valence-electron chi connectivity index (χ3n) is 5.16. The maximum absolute atomic E-state index is 13.4. The Bertz CT molecular complexity index is 1090. The van der Waals surface area contributed by atoms with Gasteiger partial charge in [-0.3, -0.25) is 19.3 Å². The van der Waals surface area contributed by atoms with E-state index in [4.69, 9.17) is 4.74 Å². The SMILES string of the molecule is CCOc1ccccc1NC(=O)[C@H](Cc1ccccc1)N1C(=O)c2ccccc2C1=O. The minimum Gasteiger partial charge on any atom is -0.492 e. The first-order valence-corrected chi connectivity index (χ1v) is 10.1. The summed E-state index contributed by atoms with van der Waals surface area (Å²) in [6, 6.07) is 22.0. The van der Waals surface area contributed by atoms with E-state index in [1.165, 1.54) is 0 Å². The number of nitrogens with one attached hydrogen (secondary N) is 1. The Balaban J connectivity index is 1.68. The Hall–Kier alpha value is -3.93. The summed E-state index contributed by atoms with van der Waals surface area (Å²) in [6.45, 7) is 2.30. The van der Waals surface area contributed by atoms with Crippen LogP contribution in [0.5, 0.6) is 5.75 Å². The number of hydrogen-bond donors (Lipinski definition) is 1. The second kappa shape index (κ2) is 8.83. The van der Waals surface area contributed by atoms with Crippen molar-refractivity contribution in [2.45, 2.75) is 19.4 Å². The molecular formula is C25H22N2O4. The maximum Gasteiger partial charge on any atom is 0.262 e. The number of nitrogens with zero attached hydrogens (tertiary/aromatic N) is 1. The Kier molecular flexibility index (Phi) is 5.80. The number of carbonyl (C=O) groups is 3. The minimum atomic E-state index is -1.01. The van der Waals surface area contributed by atoms with Gasteiger partial charge in [0.2, 0.25) is 5.91 Å². The molecule has 0 fully saturated rings. The van der Waals surface area contributed by atoms with Crippen molar-refractivity contribution in [3.8, 4) is 5.75 Å². The number of anilines is 1. The van der Waals surface area contributed by atoms with Gasteiger partial charge < -0.3 is 10.1 Å². The summed E-state index contributed by atoms with van der Waals surface area (Å²) in [6.07, 6.45) is 0.203. The van der Waals surface area contributed by atoms with Gasteiger partial charge in [0.1, 0.15) is 11.8 Å². The lowest BCUT2D eigenvalue weighted by Crippen LogP contribution is -2.48. The number of ether oxygens (including phenoxy) is 1. The van der Waals surface area contributed by atoms with Crippen LogP contribution < -0.4 is 10.1 Å². The molecule has 1 aliphatic rings. The Labute approximate surface area is 180 Å². The van der Waals surface area contributed by atoms with Gasteiger partial charge in [-0.05, 0) is 36.8 Å². The molecule has 3 aromatic rings. The molecule has 6 nitrogen and oxygen atoms in total. The molecule has 0 saturated heterocycles. The normalized spacial score (nSPS) is 13.6. The highest BCUT2D eigenvalue weighted by Gasteiger charge is 2.42. The molecule has 0 saturated carbocycles. The first-order chi connectivity index (χ1) is 15.1. The average Bonchev–Trinajstić information content (AvgIpc) is 3.04. The van der Waals surface area contributed by atoms with E-state index in [0.717, 1.165) is 10.5 Å². The number of hydrogen-bond acceptors (Lipinski definition) is 4. The Morgan fingerprint density at radius 2 is 1.45 bits per heavy atom. The lowest BCUT2D eigenvalue weighted by molar-refractivity contribution is -0.119. The fourth-order valence-corrected chi connectivity index (χ4v) is 3.70. The van der Waals surface area contributed by atoms with Gasteiger partial charge in [0, 0.05) is 6.42 Å². The molecule has 0 aromatic heterocycles. The molecule has 3 amide bonds. The van der Waals surface area contributed by atoms with Gasteiger partial charge in [-0.25, -0.2) is 0 Å². The molecule has 0 unspecified atom stereocenters. The second-order valence-electron chi connectivity index (χ2n) is 7.15. The van der Waals surface area contributed by atoms with E-state index in [-0.39, 0.29) is 6.42 Å². The number of para-hydroxylation sites is 2. The lowest BCUT2D eigenvalue weighted by atomic mass is 10.0. The summed E-state index contributed by atoms with van der Waals surface area (Å²) in [7, 11) is 0. The topological polar surface area (TPSA) is 75.7 Å². The van der Waals surface area contributed by atoms with Crippen LogP contribution in [0.1, 0.15) is 33.2 Å². The van der Waals surface area contributed by atoms with Crippen molar-refractivity contribution < 1.29 is 19.1 Å². The van der Waals surface area contributed by atoms with Gasteiger partial charge >= 0.3 is 0 Å². The summed E-state index contributed by atoms with van der Waals surface area (Å²) in [5, 5.41) is 2.85. The summed E-state index contributed by atoms with van der Waals surface area (Å²) in [4.78, 5) is 40.6. The van der Waals surface area contributed by atoms with Crippen molar-refractivity contribution in [1.82, 2.24) is 4.90 Å².